The highest BCUT2D eigenvalue weighted by molar-refractivity contribution is 5.88. The first-order chi connectivity index (χ1) is 12.2. The summed E-state index contributed by atoms with van der Waals surface area (Å²) in [5, 5.41) is 10.5. The van der Waals surface area contributed by atoms with Crippen LogP contribution in [0.2, 0.25) is 0 Å². The van der Waals surface area contributed by atoms with Gasteiger partial charge < -0.3 is 4.74 Å². The molecule has 2 nitrogen and oxygen atoms in total. The van der Waals surface area contributed by atoms with Crippen molar-refractivity contribution in [3.63, 3.8) is 0 Å². The van der Waals surface area contributed by atoms with Gasteiger partial charge in [-0.3, -0.25) is 0 Å². The highest BCUT2D eigenvalue weighted by atomic mass is 16.5. The molecule has 3 aromatic carbocycles. The molecule has 0 aliphatic rings. The van der Waals surface area contributed by atoms with Crippen molar-refractivity contribution in [2.75, 3.05) is 0 Å². The molecular formula is C23H21NO. The molecule has 3 aromatic rings. The van der Waals surface area contributed by atoms with Crippen LogP contribution >= 0.6 is 0 Å². The van der Waals surface area contributed by atoms with Crippen LogP contribution in [0.3, 0.4) is 0 Å². The summed E-state index contributed by atoms with van der Waals surface area (Å²) in [5.41, 5.74) is 3.72. The molecule has 0 aliphatic carbocycles. The van der Waals surface area contributed by atoms with Crippen LogP contribution in [0.1, 0.15) is 23.6 Å². The number of nitriles is 1. The third-order valence-electron chi connectivity index (χ3n) is 3.94. The Morgan fingerprint density at radius 3 is 2.36 bits per heavy atom. The van der Waals surface area contributed by atoms with Crippen LogP contribution in [0.4, 0.5) is 0 Å². The third kappa shape index (κ3) is 4.37. The van der Waals surface area contributed by atoms with E-state index in [4.69, 9.17) is 10.00 Å². The molecule has 0 N–H and O–H groups in total. The van der Waals surface area contributed by atoms with Crippen LogP contribution in [0.25, 0.3) is 22.9 Å². The second-order valence-electron chi connectivity index (χ2n) is 5.35. The summed E-state index contributed by atoms with van der Waals surface area (Å²) in [7, 11) is 0. The highest BCUT2D eigenvalue weighted by Gasteiger charge is 2.00. The fraction of sp³-hybridized carbons (Fsp3) is 0.0870. The number of fused-ring (bicyclic) bond motifs is 1. The summed E-state index contributed by atoms with van der Waals surface area (Å²) >= 11 is 0. The number of ether oxygens (including phenoxy) is 1. The highest BCUT2D eigenvalue weighted by Crippen LogP contribution is 2.24. The summed E-state index contributed by atoms with van der Waals surface area (Å²) in [4.78, 5) is 0. The van der Waals surface area contributed by atoms with Gasteiger partial charge in [0.25, 0.3) is 6.26 Å². The first-order valence-corrected chi connectivity index (χ1v) is 8.15. The van der Waals surface area contributed by atoms with Crippen LogP contribution in [0.5, 0.6) is 5.75 Å². The van der Waals surface area contributed by atoms with Gasteiger partial charge in [-0.2, -0.15) is 0 Å². The molecule has 0 saturated heterocycles. The molecule has 0 aromatic heterocycles. The second kappa shape index (κ2) is 9.10. The van der Waals surface area contributed by atoms with E-state index in [0.29, 0.717) is 5.75 Å². The Kier molecular flexibility index (Phi) is 6.56. The van der Waals surface area contributed by atoms with Crippen molar-refractivity contribution in [2.24, 2.45) is 0 Å². The molecule has 3 rings (SSSR count). The zero-order chi connectivity index (χ0) is 18.1. The minimum absolute atomic E-state index is 0.612. The number of benzene rings is 3. The van der Waals surface area contributed by atoms with Crippen molar-refractivity contribution >= 4 is 22.9 Å². The van der Waals surface area contributed by atoms with Crippen molar-refractivity contribution in [1.82, 2.24) is 0 Å². The van der Waals surface area contributed by atoms with Crippen LogP contribution < -0.4 is 4.74 Å². The Morgan fingerprint density at radius 1 is 0.960 bits per heavy atom. The lowest BCUT2D eigenvalue weighted by molar-refractivity contribution is 0.513. The van der Waals surface area contributed by atoms with E-state index in [1.807, 2.05) is 48.6 Å². The maximum absolute atomic E-state index is 8.41. The Morgan fingerprint density at radius 2 is 1.68 bits per heavy atom. The van der Waals surface area contributed by atoms with Gasteiger partial charge in [-0.05, 0) is 34.6 Å². The number of nitrogens with zero attached hydrogens (tertiary/aromatic N) is 1. The fourth-order valence-electron chi connectivity index (χ4n) is 2.70. The Labute approximate surface area is 149 Å². The summed E-state index contributed by atoms with van der Waals surface area (Å²) < 4.78 is 4.82. The van der Waals surface area contributed by atoms with E-state index >= 15 is 0 Å². The van der Waals surface area contributed by atoms with Gasteiger partial charge in [0.15, 0.2) is 0 Å². The molecule has 2 heteroatoms. The van der Waals surface area contributed by atoms with E-state index in [0.717, 1.165) is 17.2 Å². The maximum atomic E-state index is 8.41. The van der Waals surface area contributed by atoms with E-state index in [1.165, 1.54) is 16.7 Å². The summed E-state index contributed by atoms with van der Waals surface area (Å²) in [6.45, 7) is 9.72. The normalized spacial score (nSPS) is 9.44. The largest absolute Gasteiger partial charge is 0.387 e. The smallest absolute Gasteiger partial charge is 0.292 e. The van der Waals surface area contributed by atoms with Gasteiger partial charge in [0.1, 0.15) is 5.75 Å². The Bertz CT molecular complexity index is 914. The fourth-order valence-corrected chi connectivity index (χ4v) is 2.70. The van der Waals surface area contributed by atoms with Crippen molar-refractivity contribution in [3.8, 4) is 12.0 Å². The molecule has 0 heterocycles. The molecule has 0 amide bonds. The van der Waals surface area contributed by atoms with E-state index in [9.17, 15) is 0 Å². The predicted octanol–water partition coefficient (Wildman–Crippen LogP) is 6.23. The third-order valence-corrected chi connectivity index (χ3v) is 3.94. The molecule has 0 atom stereocenters. The lowest BCUT2D eigenvalue weighted by Gasteiger charge is -2.06. The first kappa shape index (κ1) is 18.0. The average Bonchev–Trinajstić information content (AvgIpc) is 2.68. The zero-order valence-electron chi connectivity index (χ0n) is 14.4. The molecule has 0 saturated carbocycles. The quantitative estimate of drug-likeness (QED) is 0.532. The van der Waals surface area contributed by atoms with Gasteiger partial charge in [0.05, 0.1) is 0 Å². The lowest BCUT2D eigenvalue weighted by Crippen LogP contribution is -1.88. The van der Waals surface area contributed by atoms with Crippen molar-refractivity contribution in [3.05, 3.63) is 90.5 Å². The van der Waals surface area contributed by atoms with Crippen molar-refractivity contribution in [2.45, 2.75) is 13.3 Å². The molecule has 0 aliphatic heterocycles. The van der Waals surface area contributed by atoms with Crippen molar-refractivity contribution in [1.29, 1.82) is 5.26 Å². The van der Waals surface area contributed by atoms with E-state index in [2.05, 4.69) is 38.3 Å². The number of aryl methyl sites for hydroxylation is 1. The van der Waals surface area contributed by atoms with E-state index < -0.39 is 0 Å². The van der Waals surface area contributed by atoms with E-state index in [-0.39, 0.29) is 0 Å². The van der Waals surface area contributed by atoms with Crippen LogP contribution in [-0.4, -0.2) is 0 Å². The standard InChI is InChI=1S/C12H14.C11H7NO/c1-4-10-8-7-9-11(5-2)12(10)6-3;12-8-13-11-7-3-5-9-4-1-2-6-10(9)11/h4,6-9H,1,3,5H2,2H3;1-7H. The number of hydrogen-bond acceptors (Lipinski definition) is 2. The monoisotopic (exact) mass is 327 g/mol. The van der Waals surface area contributed by atoms with Gasteiger partial charge in [0, 0.05) is 5.39 Å². The zero-order valence-corrected chi connectivity index (χ0v) is 14.4. The summed E-state index contributed by atoms with van der Waals surface area (Å²) in [6, 6.07) is 19.7. The number of rotatable bonds is 4. The van der Waals surface area contributed by atoms with E-state index in [1.54, 1.807) is 12.3 Å². The van der Waals surface area contributed by atoms with Gasteiger partial charge >= 0.3 is 0 Å². The molecule has 124 valence electrons. The molecule has 0 unspecified atom stereocenters. The minimum atomic E-state index is 0.612. The van der Waals surface area contributed by atoms with Gasteiger partial charge in [-0.15, -0.1) is 5.26 Å². The molecule has 0 radical (unpaired) electrons. The second-order valence-corrected chi connectivity index (χ2v) is 5.35. The van der Waals surface area contributed by atoms with Crippen LogP contribution in [-0.2, 0) is 6.42 Å². The number of hydrogen-bond donors (Lipinski definition) is 0. The molecule has 25 heavy (non-hydrogen) atoms. The van der Waals surface area contributed by atoms with Crippen LogP contribution in [0, 0.1) is 11.5 Å². The Balaban J connectivity index is 0.000000181. The molecule has 0 spiro atoms. The van der Waals surface area contributed by atoms with Crippen LogP contribution in [0.15, 0.2) is 73.8 Å². The topological polar surface area (TPSA) is 33.0 Å². The summed E-state index contributed by atoms with van der Waals surface area (Å²) in [5.74, 6) is 0.612. The minimum Gasteiger partial charge on any atom is -0.387 e. The molecule has 0 fully saturated rings. The molecular weight excluding hydrogens is 306 g/mol. The predicted molar refractivity (Wildman–Crippen MR) is 106 cm³/mol. The average molecular weight is 327 g/mol. The lowest BCUT2D eigenvalue weighted by atomic mass is 9.99. The van der Waals surface area contributed by atoms with Gasteiger partial charge in [-0.25, -0.2) is 0 Å². The van der Waals surface area contributed by atoms with Gasteiger partial charge in [-0.1, -0.05) is 86.8 Å². The Hall–Kier alpha value is -3.31. The SMILES string of the molecule is C=Cc1cccc(CC)c1C=C.N#COc1cccc2ccccc12. The maximum Gasteiger partial charge on any atom is 0.292 e. The summed E-state index contributed by atoms with van der Waals surface area (Å²) in [6.07, 6.45) is 6.49. The van der Waals surface area contributed by atoms with Crippen molar-refractivity contribution < 1.29 is 4.74 Å². The molecule has 0 bridgehead atoms. The van der Waals surface area contributed by atoms with Gasteiger partial charge in [0.2, 0.25) is 0 Å². The first-order valence-electron chi connectivity index (χ1n) is 8.15.